The van der Waals surface area contributed by atoms with Crippen LogP contribution in [0.3, 0.4) is 0 Å². The van der Waals surface area contributed by atoms with Crippen LogP contribution in [-0.2, 0) is 11.3 Å². The van der Waals surface area contributed by atoms with Crippen LogP contribution in [0.15, 0.2) is 18.2 Å². The van der Waals surface area contributed by atoms with Crippen LogP contribution in [0.2, 0.25) is 0 Å². The van der Waals surface area contributed by atoms with Crippen molar-refractivity contribution in [3.05, 3.63) is 29.3 Å². The van der Waals surface area contributed by atoms with Gasteiger partial charge in [0.05, 0.1) is 19.8 Å². The van der Waals surface area contributed by atoms with Crippen LogP contribution in [0, 0.1) is 0 Å². The third-order valence-electron chi connectivity index (χ3n) is 4.29. The van der Waals surface area contributed by atoms with Crippen LogP contribution in [0.5, 0.6) is 5.75 Å². The van der Waals surface area contributed by atoms with Crippen molar-refractivity contribution in [2.24, 2.45) is 0 Å². The van der Waals surface area contributed by atoms with Gasteiger partial charge in [0.15, 0.2) is 0 Å². The zero-order chi connectivity index (χ0) is 15.2. The van der Waals surface area contributed by atoms with Crippen molar-refractivity contribution in [1.29, 1.82) is 0 Å². The molecule has 0 aromatic heterocycles. The van der Waals surface area contributed by atoms with E-state index in [9.17, 15) is 5.11 Å². The van der Waals surface area contributed by atoms with Crippen LogP contribution in [0.25, 0.3) is 0 Å². The fourth-order valence-electron chi connectivity index (χ4n) is 3.03. The van der Waals surface area contributed by atoms with Crippen molar-refractivity contribution in [3.63, 3.8) is 0 Å². The molecular formula is C17H27NO3. The Kier molecular flexibility index (Phi) is 6.03. The number of nitrogens with one attached hydrogen (secondary N) is 1. The second kappa shape index (κ2) is 7.78. The summed E-state index contributed by atoms with van der Waals surface area (Å²) in [6.07, 6.45) is 3.80. The lowest BCUT2D eigenvalue weighted by Gasteiger charge is -2.29. The first-order valence-electron chi connectivity index (χ1n) is 7.74. The summed E-state index contributed by atoms with van der Waals surface area (Å²) >= 11 is 0. The molecule has 0 aliphatic heterocycles. The molecule has 2 N–H and O–H groups in total. The largest absolute Gasteiger partial charge is 0.496 e. The average molecular weight is 293 g/mol. The number of benzene rings is 1. The molecule has 118 valence electrons. The SMILES string of the molecule is COCc1cc(C(C)NC2CCC(O)CC2)ccc1OC. The van der Waals surface area contributed by atoms with E-state index in [1.54, 1.807) is 14.2 Å². The Balaban J connectivity index is 2.01. The minimum atomic E-state index is -0.104. The first-order chi connectivity index (χ1) is 10.1. The van der Waals surface area contributed by atoms with E-state index in [1.165, 1.54) is 5.56 Å². The van der Waals surface area contributed by atoms with Gasteiger partial charge in [-0.15, -0.1) is 0 Å². The summed E-state index contributed by atoms with van der Waals surface area (Å²) in [4.78, 5) is 0. The Morgan fingerprint density at radius 1 is 1.24 bits per heavy atom. The molecule has 21 heavy (non-hydrogen) atoms. The Morgan fingerprint density at radius 2 is 1.95 bits per heavy atom. The minimum Gasteiger partial charge on any atom is -0.496 e. The standard InChI is InChI=1S/C17H27NO3/c1-12(18-15-5-7-16(19)8-6-15)13-4-9-17(21-3)14(10-13)11-20-2/h4,9-10,12,15-16,18-19H,5-8,11H2,1-3H3. The van der Waals surface area contributed by atoms with Gasteiger partial charge in [-0.1, -0.05) is 6.07 Å². The molecule has 1 fully saturated rings. The lowest BCUT2D eigenvalue weighted by molar-refractivity contribution is 0.114. The highest BCUT2D eigenvalue weighted by Gasteiger charge is 2.21. The van der Waals surface area contributed by atoms with Crippen LogP contribution in [-0.4, -0.2) is 31.5 Å². The normalized spacial score (nSPS) is 23.8. The topological polar surface area (TPSA) is 50.7 Å². The maximum Gasteiger partial charge on any atom is 0.124 e. The predicted molar refractivity (Wildman–Crippen MR) is 83.5 cm³/mol. The Hall–Kier alpha value is -1.10. The van der Waals surface area contributed by atoms with Gasteiger partial charge in [0.1, 0.15) is 5.75 Å². The molecule has 1 aliphatic rings. The third-order valence-corrected chi connectivity index (χ3v) is 4.29. The smallest absolute Gasteiger partial charge is 0.124 e. The highest BCUT2D eigenvalue weighted by Crippen LogP contribution is 2.26. The number of hydrogen-bond acceptors (Lipinski definition) is 4. The molecule has 2 rings (SSSR count). The molecule has 0 amide bonds. The van der Waals surface area contributed by atoms with Gasteiger partial charge in [0.25, 0.3) is 0 Å². The van der Waals surface area contributed by atoms with Crippen molar-refractivity contribution in [2.75, 3.05) is 14.2 Å². The second-order valence-corrected chi connectivity index (χ2v) is 5.90. The van der Waals surface area contributed by atoms with Crippen LogP contribution >= 0.6 is 0 Å². The molecular weight excluding hydrogens is 266 g/mol. The molecule has 0 radical (unpaired) electrons. The summed E-state index contributed by atoms with van der Waals surface area (Å²) in [7, 11) is 3.38. The number of rotatable bonds is 6. The van der Waals surface area contributed by atoms with Crippen molar-refractivity contribution in [1.82, 2.24) is 5.32 Å². The molecule has 0 spiro atoms. The number of aliphatic hydroxyl groups excluding tert-OH is 1. The van der Waals surface area contributed by atoms with Crippen molar-refractivity contribution in [2.45, 2.75) is 57.4 Å². The maximum atomic E-state index is 9.58. The maximum absolute atomic E-state index is 9.58. The summed E-state index contributed by atoms with van der Waals surface area (Å²) in [5.41, 5.74) is 2.32. The summed E-state index contributed by atoms with van der Waals surface area (Å²) in [6.45, 7) is 2.74. The average Bonchev–Trinajstić information content (AvgIpc) is 2.50. The molecule has 0 bridgehead atoms. The van der Waals surface area contributed by atoms with Gasteiger partial charge in [0.2, 0.25) is 0 Å². The van der Waals surface area contributed by atoms with E-state index < -0.39 is 0 Å². The summed E-state index contributed by atoms with van der Waals surface area (Å²) in [5, 5.41) is 13.2. The number of hydrogen-bond donors (Lipinski definition) is 2. The van der Waals surface area contributed by atoms with Gasteiger partial charge >= 0.3 is 0 Å². The van der Waals surface area contributed by atoms with Crippen LogP contribution in [0.4, 0.5) is 0 Å². The first-order valence-corrected chi connectivity index (χ1v) is 7.74. The van der Waals surface area contributed by atoms with Gasteiger partial charge in [-0.3, -0.25) is 0 Å². The molecule has 1 atom stereocenters. The van der Waals surface area contributed by atoms with Gasteiger partial charge in [-0.25, -0.2) is 0 Å². The molecule has 1 unspecified atom stereocenters. The van der Waals surface area contributed by atoms with E-state index in [0.717, 1.165) is 37.0 Å². The Morgan fingerprint density at radius 3 is 2.57 bits per heavy atom. The van der Waals surface area contributed by atoms with Crippen molar-refractivity contribution in [3.8, 4) is 5.75 Å². The van der Waals surface area contributed by atoms with Crippen LogP contribution < -0.4 is 10.1 Å². The van der Waals surface area contributed by atoms with E-state index in [-0.39, 0.29) is 12.1 Å². The van der Waals surface area contributed by atoms with Gasteiger partial charge in [-0.05, 0) is 50.3 Å². The molecule has 1 saturated carbocycles. The lowest BCUT2D eigenvalue weighted by atomic mass is 9.92. The molecule has 0 saturated heterocycles. The quantitative estimate of drug-likeness (QED) is 0.847. The molecule has 4 heteroatoms. The van der Waals surface area contributed by atoms with Crippen molar-refractivity contribution >= 4 is 0 Å². The van der Waals surface area contributed by atoms with Gasteiger partial charge in [-0.2, -0.15) is 0 Å². The van der Waals surface area contributed by atoms with E-state index >= 15 is 0 Å². The lowest BCUT2D eigenvalue weighted by Crippen LogP contribution is -2.36. The first kappa shape index (κ1) is 16.3. The number of aliphatic hydroxyl groups is 1. The molecule has 4 nitrogen and oxygen atoms in total. The zero-order valence-electron chi connectivity index (χ0n) is 13.3. The Bertz CT molecular complexity index is 442. The van der Waals surface area contributed by atoms with E-state index in [4.69, 9.17) is 9.47 Å². The fraction of sp³-hybridized carbons (Fsp3) is 0.647. The summed E-state index contributed by atoms with van der Waals surface area (Å²) < 4.78 is 10.6. The molecule has 1 aliphatic carbocycles. The van der Waals surface area contributed by atoms with Crippen molar-refractivity contribution < 1.29 is 14.6 Å². The third kappa shape index (κ3) is 4.43. The fourth-order valence-corrected chi connectivity index (χ4v) is 3.03. The molecule has 1 aromatic carbocycles. The number of ether oxygens (including phenoxy) is 2. The van der Waals surface area contributed by atoms with Gasteiger partial charge in [0, 0.05) is 24.8 Å². The van der Waals surface area contributed by atoms with E-state index in [2.05, 4.69) is 24.4 Å². The van der Waals surface area contributed by atoms with Crippen LogP contribution in [0.1, 0.15) is 49.8 Å². The second-order valence-electron chi connectivity index (χ2n) is 5.90. The molecule has 0 heterocycles. The zero-order valence-corrected chi connectivity index (χ0v) is 13.3. The Labute approximate surface area is 127 Å². The van der Waals surface area contributed by atoms with E-state index in [1.807, 2.05) is 6.07 Å². The number of methoxy groups -OCH3 is 2. The predicted octanol–water partition coefficient (Wildman–Crippen LogP) is 2.80. The highest BCUT2D eigenvalue weighted by molar-refractivity contribution is 5.38. The van der Waals surface area contributed by atoms with E-state index in [0.29, 0.717) is 12.6 Å². The molecule has 1 aromatic rings. The van der Waals surface area contributed by atoms with Gasteiger partial charge < -0.3 is 19.9 Å². The monoisotopic (exact) mass is 293 g/mol. The summed E-state index contributed by atoms with van der Waals surface area (Å²) in [6, 6.07) is 7.04. The highest BCUT2D eigenvalue weighted by atomic mass is 16.5. The minimum absolute atomic E-state index is 0.104. The summed E-state index contributed by atoms with van der Waals surface area (Å²) in [5.74, 6) is 0.869.